The maximum Gasteiger partial charge on any atom is 0.228 e. The minimum atomic E-state index is -0.0849. The van der Waals surface area contributed by atoms with E-state index in [1.807, 2.05) is 68.4 Å². The Bertz CT molecular complexity index is 713. The van der Waals surface area contributed by atoms with Gasteiger partial charge in [0.25, 0.3) is 0 Å². The summed E-state index contributed by atoms with van der Waals surface area (Å²) in [5, 5.41) is 2.91. The van der Waals surface area contributed by atoms with Crippen molar-refractivity contribution in [1.29, 1.82) is 0 Å². The third kappa shape index (κ3) is 5.55. The van der Waals surface area contributed by atoms with Gasteiger partial charge in [-0.15, -0.1) is 0 Å². The van der Waals surface area contributed by atoms with Crippen LogP contribution in [0, 0.1) is 0 Å². The Labute approximate surface area is 137 Å². The molecule has 0 spiro atoms. The number of carbonyl (C=O) groups excluding carboxylic acids is 2. The van der Waals surface area contributed by atoms with Crippen molar-refractivity contribution in [3.63, 3.8) is 0 Å². The lowest BCUT2D eigenvalue weighted by molar-refractivity contribution is -0.116. The van der Waals surface area contributed by atoms with Crippen LogP contribution < -0.4 is 5.32 Å². The maximum absolute atomic E-state index is 12.2. The van der Waals surface area contributed by atoms with Gasteiger partial charge in [0, 0.05) is 12.1 Å². The van der Waals surface area contributed by atoms with E-state index in [-0.39, 0.29) is 18.1 Å². The lowest BCUT2D eigenvalue weighted by Crippen LogP contribution is -2.16. The van der Waals surface area contributed by atoms with Crippen molar-refractivity contribution in [3.8, 4) is 0 Å². The summed E-state index contributed by atoms with van der Waals surface area (Å²) in [6.45, 7) is 3.79. The van der Waals surface area contributed by atoms with Crippen LogP contribution in [0.5, 0.6) is 0 Å². The van der Waals surface area contributed by atoms with Crippen molar-refractivity contribution >= 4 is 17.4 Å². The summed E-state index contributed by atoms with van der Waals surface area (Å²) in [5.41, 5.74) is 3.46. The Balaban J connectivity index is 2.06. The molecule has 1 amide bonds. The van der Waals surface area contributed by atoms with E-state index in [2.05, 4.69) is 5.32 Å². The van der Waals surface area contributed by atoms with Crippen molar-refractivity contribution in [2.24, 2.45) is 0 Å². The van der Waals surface area contributed by atoms with Crippen molar-refractivity contribution in [2.45, 2.75) is 26.7 Å². The van der Waals surface area contributed by atoms with Gasteiger partial charge in [-0.25, -0.2) is 0 Å². The first-order valence-electron chi connectivity index (χ1n) is 7.64. The number of nitrogens with one attached hydrogen (secondary N) is 1. The number of amides is 1. The van der Waals surface area contributed by atoms with Gasteiger partial charge in [0.2, 0.25) is 5.91 Å². The quantitative estimate of drug-likeness (QED) is 0.821. The molecule has 2 aromatic rings. The minimum absolute atomic E-state index is 0.0368. The van der Waals surface area contributed by atoms with Crippen LogP contribution in [-0.2, 0) is 22.4 Å². The summed E-state index contributed by atoms with van der Waals surface area (Å²) < 4.78 is 0. The molecule has 0 fully saturated rings. The Hall–Kier alpha value is -2.68. The number of anilines is 1. The zero-order valence-corrected chi connectivity index (χ0v) is 13.5. The minimum Gasteiger partial charge on any atom is -0.326 e. The summed E-state index contributed by atoms with van der Waals surface area (Å²) in [7, 11) is 0. The Morgan fingerprint density at radius 3 is 2.26 bits per heavy atom. The van der Waals surface area contributed by atoms with Gasteiger partial charge in [0.1, 0.15) is 0 Å². The number of benzene rings is 2. The molecule has 0 saturated carbocycles. The van der Waals surface area contributed by atoms with E-state index in [0.717, 1.165) is 16.7 Å². The van der Waals surface area contributed by atoms with E-state index in [1.54, 1.807) is 6.08 Å². The van der Waals surface area contributed by atoms with Crippen molar-refractivity contribution in [1.82, 2.24) is 0 Å². The summed E-state index contributed by atoms with van der Waals surface area (Å²) in [4.78, 5) is 24.2. The summed E-state index contributed by atoms with van der Waals surface area (Å²) in [6.07, 6.45) is 2.23. The molecule has 0 bridgehead atoms. The van der Waals surface area contributed by atoms with Crippen LogP contribution in [0.1, 0.15) is 25.0 Å². The molecule has 3 heteroatoms. The summed E-state index contributed by atoms with van der Waals surface area (Å²) >= 11 is 0. The van der Waals surface area contributed by atoms with Crippen LogP contribution >= 0.6 is 0 Å². The van der Waals surface area contributed by atoms with Gasteiger partial charge in [0.15, 0.2) is 5.78 Å². The lowest BCUT2D eigenvalue weighted by Gasteiger charge is -2.10. The highest BCUT2D eigenvalue weighted by molar-refractivity contribution is 5.96. The lowest BCUT2D eigenvalue weighted by atomic mass is 10.0. The molecule has 23 heavy (non-hydrogen) atoms. The molecular weight excluding hydrogens is 286 g/mol. The third-order valence-corrected chi connectivity index (χ3v) is 3.31. The normalized spacial score (nSPS) is 10.0. The van der Waals surface area contributed by atoms with Crippen LogP contribution in [0.25, 0.3) is 0 Å². The first kappa shape index (κ1) is 16.7. The molecule has 0 aliphatic rings. The number of hydrogen-bond donors (Lipinski definition) is 1. The molecule has 118 valence electrons. The largest absolute Gasteiger partial charge is 0.326 e. The Morgan fingerprint density at radius 2 is 1.57 bits per heavy atom. The Kier molecular flexibility index (Phi) is 5.87. The monoisotopic (exact) mass is 307 g/mol. The molecule has 0 unspecified atom stereocenters. The van der Waals surface area contributed by atoms with Crippen molar-refractivity contribution in [3.05, 3.63) is 77.4 Å². The average Bonchev–Trinajstić information content (AvgIpc) is 2.49. The van der Waals surface area contributed by atoms with Gasteiger partial charge in [-0.2, -0.15) is 0 Å². The number of hydrogen-bond acceptors (Lipinski definition) is 2. The average molecular weight is 307 g/mol. The van der Waals surface area contributed by atoms with Gasteiger partial charge in [-0.3, -0.25) is 9.59 Å². The van der Waals surface area contributed by atoms with E-state index in [4.69, 9.17) is 0 Å². The molecule has 0 atom stereocenters. The van der Waals surface area contributed by atoms with E-state index >= 15 is 0 Å². The zero-order valence-electron chi connectivity index (χ0n) is 13.5. The van der Waals surface area contributed by atoms with Crippen molar-refractivity contribution in [2.75, 3.05) is 5.32 Å². The molecule has 0 aliphatic carbocycles. The smallest absolute Gasteiger partial charge is 0.228 e. The molecule has 0 aliphatic heterocycles. The standard InChI is InChI=1S/C20H21NO2/c1-15(2)12-18(22)14-17-10-6-7-11-19(17)21-20(23)13-16-8-4-3-5-9-16/h3-12H,13-14H2,1-2H3,(H,21,23). The van der Waals surface area contributed by atoms with E-state index < -0.39 is 0 Å². The fourth-order valence-corrected chi connectivity index (χ4v) is 2.33. The van der Waals surface area contributed by atoms with Gasteiger partial charge in [-0.05, 0) is 37.1 Å². The van der Waals surface area contributed by atoms with Crippen molar-refractivity contribution < 1.29 is 9.59 Å². The van der Waals surface area contributed by atoms with Crippen LogP contribution in [0.3, 0.4) is 0 Å². The molecular formula is C20H21NO2. The zero-order chi connectivity index (χ0) is 16.7. The molecule has 1 N–H and O–H groups in total. The second-order valence-electron chi connectivity index (χ2n) is 5.73. The number of allylic oxidation sites excluding steroid dienone is 2. The highest BCUT2D eigenvalue weighted by Gasteiger charge is 2.09. The van der Waals surface area contributed by atoms with Crippen LogP contribution in [-0.4, -0.2) is 11.7 Å². The van der Waals surface area contributed by atoms with Gasteiger partial charge in [0.05, 0.1) is 6.42 Å². The number of ketones is 1. The molecule has 0 radical (unpaired) electrons. The second kappa shape index (κ2) is 8.08. The molecule has 0 heterocycles. The number of rotatable bonds is 6. The number of para-hydroxylation sites is 1. The van der Waals surface area contributed by atoms with Crippen LogP contribution in [0.4, 0.5) is 5.69 Å². The van der Waals surface area contributed by atoms with E-state index in [9.17, 15) is 9.59 Å². The molecule has 0 aromatic heterocycles. The molecule has 2 aromatic carbocycles. The molecule has 0 saturated heterocycles. The van der Waals surface area contributed by atoms with Gasteiger partial charge in [-0.1, -0.05) is 54.1 Å². The van der Waals surface area contributed by atoms with E-state index in [0.29, 0.717) is 12.1 Å². The second-order valence-corrected chi connectivity index (χ2v) is 5.73. The van der Waals surface area contributed by atoms with Gasteiger partial charge >= 0.3 is 0 Å². The molecule has 3 nitrogen and oxygen atoms in total. The van der Waals surface area contributed by atoms with E-state index in [1.165, 1.54) is 0 Å². The Morgan fingerprint density at radius 1 is 0.913 bits per heavy atom. The van der Waals surface area contributed by atoms with Crippen LogP contribution in [0.2, 0.25) is 0 Å². The van der Waals surface area contributed by atoms with Gasteiger partial charge < -0.3 is 5.32 Å². The fraction of sp³-hybridized carbons (Fsp3) is 0.200. The number of carbonyl (C=O) groups is 2. The highest BCUT2D eigenvalue weighted by atomic mass is 16.1. The maximum atomic E-state index is 12.2. The predicted molar refractivity (Wildman–Crippen MR) is 93.4 cm³/mol. The highest BCUT2D eigenvalue weighted by Crippen LogP contribution is 2.17. The molecule has 2 rings (SSSR count). The fourth-order valence-electron chi connectivity index (χ4n) is 2.33. The first-order chi connectivity index (χ1) is 11.0. The summed E-state index contributed by atoms with van der Waals surface area (Å²) in [5.74, 6) is -0.0481. The van der Waals surface area contributed by atoms with Crippen LogP contribution in [0.15, 0.2) is 66.2 Å². The third-order valence-electron chi connectivity index (χ3n) is 3.31. The first-order valence-corrected chi connectivity index (χ1v) is 7.64. The summed E-state index contributed by atoms with van der Waals surface area (Å²) in [6, 6.07) is 17.0. The SMILES string of the molecule is CC(C)=CC(=O)Cc1ccccc1NC(=O)Cc1ccccc1. The topological polar surface area (TPSA) is 46.2 Å². The predicted octanol–water partition coefficient (Wildman–Crippen LogP) is 3.95.